The van der Waals surface area contributed by atoms with Crippen LogP contribution in [-0.4, -0.2) is 33.3 Å². The Morgan fingerprint density at radius 2 is 1.52 bits per heavy atom. The van der Waals surface area contributed by atoms with E-state index in [-0.39, 0.29) is 23.0 Å². The van der Waals surface area contributed by atoms with Crippen molar-refractivity contribution in [2.45, 2.75) is 38.2 Å². The van der Waals surface area contributed by atoms with Crippen LogP contribution in [0.15, 0.2) is 36.7 Å². The zero-order chi connectivity index (χ0) is 22.5. The van der Waals surface area contributed by atoms with Crippen LogP contribution >= 0.6 is 11.6 Å². The first-order valence-corrected chi connectivity index (χ1v) is 8.45. The fraction of sp³-hybridized carbons (Fsp3) is 0.353. The summed E-state index contributed by atoms with van der Waals surface area (Å²) >= 11 is 5.54. The number of hydrogen-bond acceptors (Lipinski definition) is 4. The van der Waals surface area contributed by atoms with Gasteiger partial charge in [0, 0.05) is 11.3 Å². The third-order valence-corrected chi connectivity index (χ3v) is 3.62. The molecular weight excluding hydrogens is 428 g/mol. The van der Waals surface area contributed by atoms with Crippen LogP contribution in [0.5, 0.6) is 0 Å². The van der Waals surface area contributed by atoms with Crippen LogP contribution in [0.1, 0.15) is 25.1 Å². The number of nitrogens with one attached hydrogen (secondary N) is 1. The van der Waals surface area contributed by atoms with Crippen LogP contribution in [0.3, 0.4) is 0 Å². The van der Waals surface area contributed by atoms with Crippen LogP contribution in [0.4, 0.5) is 32.0 Å². The maximum Gasteiger partial charge on any atom is 0.430 e. The number of carbonyl (C=O) groups is 1. The van der Waals surface area contributed by atoms with Crippen molar-refractivity contribution in [1.82, 2.24) is 9.97 Å². The number of aliphatic hydroxyl groups is 1. The molecule has 0 atom stereocenters. The lowest BCUT2D eigenvalue weighted by Gasteiger charge is -2.32. The van der Waals surface area contributed by atoms with E-state index in [4.69, 9.17) is 11.6 Å². The smallest absolute Gasteiger partial charge is 0.369 e. The Morgan fingerprint density at radius 1 is 1.00 bits per heavy atom. The van der Waals surface area contributed by atoms with E-state index in [1.54, 1.807) is 0 Å². The van der Waals surface area contributed by atoms with Gasteiger partial charge in [-0.05, 0) is 12.1 Å². The van der Waals surface area contributed by atoms with Crippen molar-refractivity contribution < 1.29 is 36.2 Å². The molecule has 0 saturated carbocycles. The lowest BCUT2D eigenvalue weighted by atomic mass is 9.92. The molecule has 0 unspecified atom stereocenters. The average Bonchev–Trinajstić information content (AvgIpc) is 2.63. The van der Waals surface area contributed by atoms with Crippen molar-refractivity contribution in [2.24, 2.45) is 0 Å². The second-order valence-corrected chi connectivity index (χ2v) is 5.73. The Hall–Kier alpha value is -2.40. The minimum absolute atomic E-state index is 0.0719. The van der Waals surface area contributed by atoms with Crippen LogP contribution in [0.2, 0.25) is 5.15 Å². The van der Waals surface area contributed by atoms with E-state index >= 15 is 0 Å². The SMILES string of the molecule is CC.O=C(Cc1cnc(Cl)cn1)Nc1ccc(C(O)(C(F)(F)F)C(F)(F)F)cc1. The number of carbonyl (C=O) groups excluding carboxylic acids is 1. The van der Waals surface area contributed by atoms with Gasteiger partial charge in [-0.25, -0.2) is 4.98 Å². The molecule has 1 aromatic heterocycles. The molecule has 0 fully saturated rings. The van der Waals surface area contributed by atoms with Gasteiger partial charge in [-0.2, -0.15) is 26.3 Å². The Bertz CT molecular complexity index is 794. The zero-order valence-corrected chi connectivity index (χ0v) is 15.8. The minimum Gasteiger partial charge on any atom is -0.369 e. The second kappa shape index (κ2) is 9.40. The van der Waals surface area contributed by atoms with Gasteiger partial charge < -0.3 is 10.4 Å². The molecule has 29 heavy (non-hydrogen) atoms. The highest BCUT2D eigenvalue weighted by molar-refractivity contribution is 6.29. The molecule has 0 aliphatic carbocycles. The highest BCUT2D eigenvalue weighted by Gasteiger charge is 2.71. The highest BCUT2D eigenvalue weighted by atomic mass is 35.5. The molecule has 0 aliphatic heterocycles. The van der Waals surface area contributed by atoms with Crippen molar-refractivity contribution in [3.05, 3.63) is 53.1 Å². The van der Waals surface area contributed by atoms with E-state index in [9.17, 15) is 36.2 Å². The van der Waals surface area contributed by atoms with Gasteiger partial charge in [0.1, 0.15) is 5.15 Å². The zero-order valence-electron chi connectivity index (χ0n) is 15.1. The normalized spacial score (nSPS) is 12.1. The molecule has 12 heteroatoms. The Kier molecular flexibility index (Phi) is 7.98. The summed E-state index contributed by atoms with van der Waals surface area (Å²) in [5.41, 5.74) is -6.28. The summed E-state index contributed by atoms with van der Waals surface area (Å²) in [4.78, 5) is 19.4. The van der Waals surface area contributed by atoms with Crippen molar-refractivity contribution in [1.29, 1.82) is 0 Å². The number of anilines is 1. The molecule has 0 saturated heterocycles. The van der Waals surface area contributed by atoms with Crippen molar-refractivity contribution in [3.63, 3.8) is 0 Å². The largest absolute Gasteiger partial charge is 0.430 e. The van der Waals surface area contributed by atoms with Crippen molar-refractivity contribution in [3.8, 4) is 0 Å². The average molecular weight is 444 g/mol. The predicted molar refractivity (Wildman–Crippen MR) is 93.2 cm³/mol. The van der Waals surface area contributed by atoms with Gasteiger partial charge in [-0.1, -0.05) is 37.6 Å². The molecule has 1 amide bonds. The number of alkyl halides is 6. The molecule has 0 spiro atoms. The molecule has 2 rings (SSSR count). The van der Waals surface area contributed by atoms with E-state index in [2.05, 4.69) is 15.3 Å². The summed E-state index contributed by atoms with van der Waals surface area (Å²) in [5, 5.41) is 11.7. The van der Waals surface area contributed by atoms with Crippen molar-refractivity contribution in [2.75, 3.05) is 5.32 Å². The van der Waals surface area contributed by atoms with Gasteiger partial charge in [0.2, 0.25) is 5.91 Å². The highest BCUT2D eigenvalue weighted by Crippen LogP contribution is 2.50. The molecule has 2 aromatic rings. The molecule has 0 radical (unpaired) electrons. The molecule has 1 aromatic carbocycles. The number of rotatable bonds is 4. The number of hydrogen-bond donors (Lipinski definition) is 2. The van der Waals surface area contributed by atoms with Gasteiger partial charge in [-0.15, -0.1) is 0 Å². The standard InChI is InChI=1S/C15H10ClF6N3O2.C2H6/c16-11-7-23-10(6-24-11)5-12(26)25-9-3-1-8(2-4-9)13(27,14(17,18)19)15(20,21)22;1-2/h1-4,6-7,27H,5H2,(H,25,26);1-2H3. The third kappa shape index (κ3) is 5.80. The monoisotopic (exact) mass is 443 g/mol. The number of aromatic nitrogens is 2. The molecule has 0 aliphatic rings. The fourth-order valence-corrected chi connectivity index (χ4v) is 2.18. The lowest BCUT2D eigenvalue weighted by molar-refractivity contribution is -0.376. The Morgan fingerprint density at radius 3 is 1.93 bits per heavy atom. The van der Waals surface area contributed by atoms with E-state index in [1.165, 1.54) is 12.4 Å². The summed E-state index contributed by atoms with van der Waals surface area (Å²) in [6.45, 7) is 4.00. The molecule has 1 heterocycles. The predicted octanol–water partition coefficient (Wildman–Crippen LogP) is 4.65. The minimum atomic E-state index is -5.98. The first-order chi connectivity index (χ1) is 13.3. The summed E-state index contributed by atoms with van der Waals surface area (Å²) in [6.07, 6.45) is -9.78. The number of amides is 1. The van der Waals surface area contributed by atoms with Gasteiger partial charge in [-0.3, -0.25) is 9.78 Å². The van der Waals surface area contributed by atoms with Gasteiger partial charge in [0.15, 0.2) is 0 Å². The van der Waals surface area contributed by atoms with Gasteiger partial charge >= 0.3 is 12.4 Å². The maximum absolute atomic E-state index is 12.8. The van der Waals surface area contributed by atoms with Gasteiger partial charge in [0.25, 0.3) is 5.60 Å². The summed E-state index contributed by atoms with van der Waals surface area (Å²) in [7, 11) is 0. The molecule has 0 bridgehead atoms. The summed E-state index contributed by atoms with van der Waals surface area (Å²) < 4.78 is 76.8. The fourth-order valence-electron chi connectivity index (χ4n) is 2.08. The van der Waals surface area contributed by atoms with Crippen LogP contribution in [-0.2, 0) is 16.8 Å². The van der Waals surface area contributed by atoms with E-state index in [0.29, 0.717) is 12.1 Å². The first kappa shape index (κ1) is 24.6. The maximum atomic E-state index is 12.8. The van der Waals surface area contributed by atoms with Gasteiger partial charge in [0.05, 0.1) is 24.5 Å². The number of halogens is 7. The quantitative estimate of drug-likeness (QED) is 0.675. The second-order valence-electron chi connectivity index (χ2n) is 5.34. The van der Waals surface area contributed by atoms with Crippen LogP contribution < -0.4 is 5.32 Å². The van der Waals surface area contributed by atoms with Crippen LogP contribution in [0, 0.1) is 0 Å². The summed E-state index contributed by atoms with van der Waals surface area (Å²) in [6, 6.07) is 2.48. The topological polar surface area (TPSA) is 75.1 Å². The lowest BCUT2D eigenvalue weighted by Crippen LogP contribution is -2.53. The van der Waals surface area contributed by atoms with E-state index in [1.807, 2.05) is 13.8 Å². The molecule has 5 nitrogen and oxygen atoms in total. The molecule has 2 N–H and O–H groups in total. The Labute approximate surface area is 166 Å². The number of nitrogens with zero attached hydrogens (tertiary/aromatic N) is 2. The molecular formula is C17H16ClF6N3O2. The molecule has 160 valence electrons. The van der Waals surface area contributed by atoms with E-state index in [0.717, 1.165) is 12.1 Å². The first-order valence-electron chi connectivity index (χ1n) is 8.07. The number of benzene rings is 1. The summed E-state index contributed by atoms with van der Waals surface area (Å²) in [5.74, 6) is -0.638. The third-order valence-electron chi connectivity index (χ3n) is 3.42. The van der Waals surface area contributed by atoms with E-state index < -0.39 is 29.4 Å². The Balaban J connectivity index is 0.00000204. The van der Waals surface area contributed by atoms with Crippen molar-refractivity contribution >= 4 is 23.2 Å². The van der Waals surface area contributed by atoms with Crippen LogP contribution in [0.25, 0.3) is 0 Å².